The molecular weight excluding hydrogens is 402 g/mol. The lowest BCUT2D eigenvalue weighted by Gasteiger charge is -2.10. The second kappa shape index (κ2) is 10.4. The molecule has 7 nitrogen and oxygen atoms in total. The van der Waals surface area contributed by atoms with Gasteiger partial charge in [-0.05, 0) is 63.8 Å². The van der Waals surface area contributed by atoms with E-state index in [4.69, 9.17) is 4.74 Å². The van der Waals surface area contributed by atoms with Gasteiger partial charge in [0.15, 0.2) is 0 Å². The largest absolute Gasteiger partial charge is 0.493 e. The van der Waals surface area contributed by atoms with E-state index in [1.165, 1.54) is 0 Å². The SMILES string of the molecule is Cc1cc(C)nc(-n2nc(C)c(CC(=O)NCCc3ccc(OCC(C)C)cc3)c2C)n1. The van der Waals surface area contributed by atoms with Crippen LogP contribution in [0.15, 0.2) is 30.3 Å². The molecule has 0 spiro atoms. The molecule has 0 radical (unpaired) electrons. The van der Waals surface area contributed by atoms with E-state index in [1.54, 1.807) is 4.68 Å². The van der Waals surface area contributed by atoms with Crippen LogP contribution in [0, 0.1) is 33.6 Å². The Morgan fingerprint density at radius 3 is 2.34 bits per heavy atom. The Morgan fingerprint density at radius 1 is 1.06 bits per heavy atom. The van der Waals surface area contributed by atoms with Crippen molar-refractivity contribution in [3.63, 3.8) is 0 Å². The molecule has 0 atom stereocenters. The van der Waals surface area contributed by atoms with Crippen molar-refractivity contribution in [1.82, 2.24) is 25.1 Å². The Labute approximate surface area is 190 Å². The number of carbonyl (C=O) groups excluding carboxylic acids is 1. The fourth-order valence-electron chi connectivity index (χ4n) is 3.51. The molecule has 2 heterocycles. The molecule has 3 rings (SSSR count). The molecule has 0 aliphatic heterocycles. The number of hydrogen-bond acceptors (Lipinski definition) is 5. The van der Waals surface area contributed by atoms with Gasteiger partial charge < -0.3 is 10.1 Å². The number of aromatic nitrogens is 4. The number of ether oxygens (including phenoxy) is 1. The second-order valence-corrected chi connectivity index (χ2v) is 8.64. The number of hydrogen-bond donors (Lipinski definition) is 1. The van der Waals surface area contributed by atoms with Crippen LogP contribution in [0.2, 0.25) is 0 Å². The van der Waals surface area contributed by atoms with Gasteiger partial charge in [0.25, 0.3) is 5.95 Å². The van der Waals surface area contributed by atoms with Gasteiger partial charge in [0.1, 0.15) is 5.75 Å². The molecule has 0 aliphatic rings. The number of nitrogens with one attached hydrogen (secondary N) is 1. The van der Waals surface area contributed by atoms with Crippen LogP contribution in [0.25, 0.3) is 5.95 Å². The Kier molecular flexibility index (Phi) is 7.62. The Morgan fingerprint density at radius 2 is 1.72 bits per heavy atom. The number of aryl methyl sites for hydroxylation is 3. The summed E-state index contributed by atoms with van der Waals surface area (Å²) in [4.78, 5) is 21.5. The van der Waals surface area contributed by atoms with Crippen molar-refractivity contribution in [2.24, 2.45) is 5.92 Å². The van der Waals surface area contributed by atoms with Crippen molar-refractivity contribution in [3.8, 4) is 11.7 Å². The van der Waals surface area contributed by atoms with Crippen molar-refractivity contribution < 1.29 is 9.53 Å². The molecule has 170 valence electrons. The highest BCUT2D eigenvalue weighted by Gasteiger charge is 2.17. The van der Waals surface area contributed by atoms with Gasteiger partial charge >= 0.3 is 0 Å². The number of nitrogens with zero attached hydrogens (tertiary/aromatic N) is 4. The molecule has 0 fully saturated rings. The van der Waals surface area contributed by atoms with Crippen LogP contribution in [0.3, 0.4) is 0 Å². The highest BCUT2D eigenvalue weighted by atomic mass is 16.5. The predicted molar refractivity (Wildman–Crippen MR) is 125 cm³/mol. The van der Waals surface area contributed by atoms with Gasteiger partial charge in [-0.1, -0.05) is 26.0 Å². The summed E-state index contributed by atoms with van der Waals surface area (Å²) in [5.41, 5.74) is 5.56. The van der Waals surface area contributed by atoms with E-state index in [2.05, 4.69) is 34.2 Å². The Balaban J connectivity index is 1.56. The van der Waals surface area contributed by atoms with Gasteiger partial charge in [0, 0.05) is 29.2 Å². The zero-order valence-electron chi connectivity index (χ0n) is 19.9. The average molecular weight is 436 g/mol. The smallest absolute Gasteiger partial charge is 0.251 e. The van der Waals surface area contributed by atoms with Crippen molar-refractivity contribution in [2.75, 3.05) is 13.2 Å². The van der Waals surface area contributed by atoms with Crippen LogP contribution < -0.4 is 10.1 Å². The third-order valence-electron chi connectivity index (χ3n) is 5.18. The molecule has 0 bridgehead atoms. The van der Waals surface area contributed by atoms with Gasteiger partial charge in [-0.3, -0.25) is 4.79 Å². The number of rotatable bonds is 9. The minimum atomic E-state index is -0.0195. The van der Waals surface area contributed by atoms with E-state index in [0.717, 1.165) is 46.1 Å². The topological polar surface area (TPSA) is 81.9 Å². The van der Waals surface area contributed by atoms with Crippen molar-refractivity contribution in [1.29, 1.82) is 0 Å². The Bertz CT molecular complexity index is 1050. The summed E-state index contributed by atoms with van der Waals surface area (Å²) in [6.45, 7) is 13.3. The highest BCUT2D eigenvalue weighted by molar-refractivity contribution is 5.79. The lowest BCUT2D eigenvalue weighted by Crippen LogP contribution is -2.27. The molecule has 0 saturated carbocycles. The molecule has 0 saturated heterocycles. The van der Waals surface area contributed by atoms with Crippen LogP contribution in [0.5, 0.6) is 5.75 Å². The third kappa shape index (κ3) is 6.15. The molecule has 0 unspecified atom stereocenters. The first-order valence-corrected chi connectivity index (χ1v) is 11.1. The standard InChI is InChI=1S/C25H33N5O2/c1-16(2)15-32-22-9-7-21(8-10-22)11-12-26-24(31)14-23-19(5)29-30(20(23)6)25-27-17(3)13-18(4)28-25/h7-10,13,16H,11-12,14-15H2,1-6H3,(H,26,31). The van der Waals surface area contributed by atoms with E-state index in [-0.39, 0.29) is 12.3 Å². The molecule has 7 heteroatoms. The molecular formula is C25H33N5O2. The van der Waals surface area contributed by atoms with Crippen LogP contribution in [0.4, 0.5) is 0 Å². The van der Waals surface area contributed by atoms with E-state index in [1.807, 2.05) is 58.0 Å². The average Bonchev–Trinajstić information content (AvgIpc) is 3.01. The number of carbonyl (C=O) groups is 1. The Hall–Kier alpha value is -3.22. The number of benzene rings is 1. The van der Waals surface area contributed by atoms with Gasteiger partial charge in [0.05, 0.1) is 18.7 Å². The second-order valence-electron chi connectivity index (χ2n) is 8.64. The molecule has 1 amide bonds. The molecule has 32 heavy (non-hydrogen) atoms. The van der Waals surface area contributed by atoms with Crippen molar-refractivity contribution >= 4 is 5.91 Å². The van der Waals surface area contributed by atoms with Crippen molar-refractivity contribution in [2.45, 2.75) is 54.4 Å². The summed E-state index contributed by atoms with van der Waals surface area (Å²) >= 11 is 0. The summed E-state index contributed by atoms with van der Waals surface area (Å²) in [6, 6.07) is 9.98. The molecule has 2 aromatic heterocycles. The molecule has 1 N–H and O–H groups in total. The normalized spacial score (nSPS) is 11.1. The lowest BCUT2D eigenvalue weighted by molar-refractivity contribution is -0.120. The summed E-state index contributed by atoms with van der Waals surface area (Å²) < 4.78 is 7.44. The van der Waals surface area contributed by atoms with Crippen LogP contribution >= 0.6 is 0 Å². The quantitative estimate of drug-likeness (QED) is 0.552. The maximum absolute atomic E-state index is 12.6. The van der Waals surface area contributed by atoms with Gasteiger partial charge in [-0.15, -0.1) is 0 Å². The number of amides is 1. The first kappa shape index (κ1) is 23.4. The zero-order chi connectivity index (χ0) is 23.3. The van der Waals surface area contributed by atoms with Crippen LogP contribution in [-0.4, -0.2) is 38.8 Å². The van der Waals surface area contributed by atoms with Crippen molar-refractivity contribution in [3.05, 3.63) is 64.2 Å². The van der Waals surface area contributed by atoms with E-state index < -0.39 is 0 Å². The molecule has 1 aromatic carbocycles. The van der Waals surface area contributed by atoms with E-state index in [9.17, 15) is 4.79 Å². The summed E-state index contributed by atoms with van der Waals surface area (Å²) in [6.07, 6.45) is 1.05. The third-order valence-corrected chi connectivity index (χ3v) is 5.18. The lowest BCUT2D eigenvalue weighted by atomic mass is 10.1. The van der Waals surface area contributed by atoms with Gasteiger partial charge in [-0.25, -0.2) is 14.6 Å². The maximum atomic E-state index is 12.6. The fraction of sp³-hybridized carbons (Fsp3) is 0.440. The zero-order valence-corrected chi connectivity index (χ0v) is 19.9. The van der Waals surface area contributed by atoms with E-state index in [0.29, 0.717) is 25.0 Å². The highest BCUT2D eigenvalue weighted by Crippen LogP contribution is 2.17. The summed E-state index contributed by atoms with van der Waals surface area (Å²) in [5, 5.41) is 7.60. The van der Waals surface area contributed by atoms with Crippen LogP contribution in [-0.2, 0) is 17.6 Å². The molecule has 0 aliphatic carbocycles. The first-order valence-electron chi connectivity index (χ1n) is 11.1. The minimum absolute atomic E-state index is 0.0195. The fourth-order valence-corrected chi connectivity index (χ4v) is 3.51. The van der Waals surface area contributed by atoms with E-state index >= 15 is 0 Å². The molecule has 3 aromatic rings. The summed E-state index contributed by atoms with van der Waals surface area (Å²) in [5.74, 6) is 1.89. The first-order chi connectivity index (χ1) is 15.2. The summed E-state index contributed by atoms with van der Waals surface area (Å²) in [7, 11) is 0. The van der Waals surface area contributed by atoms with Gasteiger partial charge in [-0.2, -0.15) is 5.10 Å². The monoisotopic (exact) mass is 435 g/mol. The van der Waals surface area contributed by atoms with Crippen LogP contribution in [0.1, 0.15) is 47.8 Å². The maximum Gasteiger partial charge on any atom is 0.251 e. The predicted octanol–water partition coefficient (Wildman–Crippen LogP) is 3.83. The van der Waals surface area contributed by atoms with Gasteiger partial charge in [0.2, 0.25) is 5.91 Å². The minimum Gasteiger partial charge on any atom is -0.493 e.